The smallest absolute Gasteiger partial charge is 0.407 e. The van der Waals surface area contributed by atoms with Crippen molar-refractivity contribution in [3.63, 3.8) is 0 Å². The summed E-state index contributed by atoms with van der Waals surface area (Å²) in [5.74, 6) is 0. The van der Waals surface area contributed by atoms with Gasteiger partial charge in [-0.25, -0.2) is 9.59 Å². The molecule has 0 aliphatic carbocycles. The third-order valence-electron chi connectivity index (χ3n) is 4.19. The van der Waals surface area contributed by atoms with Crippen molar-refractivity contribution in [2.45, 2.75) is 19.2 Å². The molecule has 0 aromatic heterocycles. The van der Waals surface area contributed by atoms with Gasteiger partial charge in [-0.1, -0.05) is 54.6 Å². The number of rotatable bonds is 4. The number of benzene rings is 2. The lowest BCUT2D eigenvalue weighted by molar-refractivity contribution is 0.0978. The number of nitrogens with zero attached hydrogens (tertiary/aromatic N) is 1. The van der Waals surface area contributed by atoms with Gasteiger partial charge in [-0.15, -0.1) is 0 Å². The first-order chi connectivity index (χ1) is 12.2. The lowest BCUT2D eigenvalue weighted by Crippen LogP contribution is -2.39. The molecule has 1 atom stereocenters. The zero-order valence-electron chi connectivity index (χ0n) is 14.1. The van der Waals surface area contributed by atoms with E-state index in [1.165, 1.54) is 18.2 Å². The van der Waals surface area contributed by atoms with Gasteiger partial charge >= 0.3 is 12.1 Å². The molecule has 1 heterocycles. The van der Waals surface area contributed by atoms with Crippen LogP contribution in [-0.2, 0) is 17.8 Å². The van der Waals surface area contributed by atoms with Gasteiger partial charge in [-0.2, -0.15) is 0 Å². The predicted molar refractivity (Wildman–Crippen MR) is 93.8 cm³/mol. The van der Waals surface area contributed by atoms with Crippen LogP contribution in [0.4, 0.5) is 9.59 Å². The number of fused-ring (bicyclic) bond motifs is 1. The van der Waals surface area contributed by atoms with Crippen molar-refractivity contribution < 1.29 is 14.3 Å². The zero-order chi connectivity index (χ0) is 17.6. The molecule has 0 spiro atoms. The van der Waals surface area contributed by atoms with E-state index in [1.807, 2.05) is 54.6 Å². The third kappa shape index (κ3) is 4.09. The molecule has 1 unspecified atom stereocenters. The normalized spacial score (nSPS) is 13.7. The fraction of sp³-hybridized carbons (Fsp3) is 0.263. The molecule has 0 fully saturated rings. The zero-order valence-corrected chi connectivity index (χ0v) is 14.1. The van der Waals surface area contributed by atoms with Gasteiger partial charge in [0.05, 0.1) is 6.54 Å². The SMILES string of the molecule is CNC(=O)OC(CNC(=O)N1Cc2ccccc2C1)c1ccccc1. The van der Waals surface area contributed by atoms with Gasteiger partial charge < -0.3 is 20.3 Å². The van der Waals surface area contributed by atoms with E-state index in [-0.39, 0.29) is 12.6 Å². The van der Waals surface area contributed by atoms with Crippen LogP contribution in [0, 0.1) is 0 Å². The van der Waals surface area contributed by atoms with Crippen LogP contribution in [0.5, 0.6) is 0 Å². The van der Waals surface area contributed by atoms with E-state index < -0.39 is 12.2 Å². The van der Waals surface area contributed by atoms with Gasteiger partial charge in [0.25, 0.3) is 0 Å². The fourth-order valence-electron chi connectivity index (χ4n) is 2.85. The summed E-state index contributed by atoms with van der Waals surface area (Å²) in [6.07, 6.45) is -1.08. The summed E-state index contributed by atoms with van der Waals surface area (Å²) < 4.78 is 5.38. The highest BCUT2D eigenvalue weighted by molar-refractivity contribution is 5.75. The molecule has 0 bridgehead atoms. The van der Waals surface area contributed by atoms with Crippen molar-refractivity contribution in [3.8, 4) is 0 Å². The van der Waals surface area contributed by atoms with E-state index in [1.54, 1.807) is 4.90 Å². The number of amides is 3. The second-order valence-electron chi connectivity index (χ2n) is 5.87. The first-order valence-corrected chi connectivity index (χ1v) is 8.20. The number of urea groups is 1. The highest BCUT2D eigenvalue weighted by Gasteiger charge is 2.24. The van der Waals surface area contributed by atoms with Crippen LogP contribution in [0.1, 0.15) is 22.8 Å². The lowest BCUT2D eigenvalue weighted by Gasteiger charge is -2.21. The predicted octanol–water partition coefficient (Wildman–Crippen LogP) is 2.81. The minimum atomic E-state index is -0.546. The quantitative estimate of drug-likeness (QED) is 0.900. The van der Waals surface area contributed by atoms with E-state index in [9.17, 15) is 9.59 Å². The van der Waals surface area contributed by atoms with E-state index >= 15 is 0 Å². The minimum Gasteiger partial charge on any atom is -0.439 e. The Morgan fingerprint density at radius 1 is 1.04 bits per heavy atom. The second kappa shape index (κ2) is 7.70. The minimum absolute atomic E-state index is 0.169. The monoisotopic (exact) mass is 339 g/mol. The average Bonchev–Trinajstić information content (AvgIpc) is 3.09. The molecule has 130 valence electrons. The van der Waals surface area contributed by atoms with Crippen molar-refractivity contribution >= 4 is 12.1 Å². The summed E-state index contributed by atoms with van der Waals surface area (Å²) in [7, 11) is 1.50. The molecular formula is C19H21N3O3. The standard InChI is InChI=1S/C19H21N3O3/c1-20-19(24)25-17(14-7-3-2-4-8-14)11-21-18(23)22-12-15-9-5-6-10-16(15)13-22/h2-10,17H,11-13H2,1H3,(H,20,24)(H,21,23). The van der Waals surface area contributed by atoms with Gasteiger partial charge in [0.1, 0.15) is 6.10 Å². The van der Waals surface area contributed by atoms with Gasteiger partial charge in [-0.05, 0) is 16.7 Å². The molecule has 25 heavy (non-hydrogen) atoms. The Hall–Kier alpha value is -3.02. The Labute approximate surface area is 146 Å². The molecular weight excluding hydrogens is 318 g/mol. The van der Waals surface area contributed by atoms with Gasteiger partial charge in [0.2, 0.25) is 0 Å². The van der Waals surface area contributed by atoms with Crippen molar-refractivity contribution in [1.82, 2.24) is 15.5 Å². The molecule has 6 nitrogen and oxygen atoms in total. The topological polar surface area (TPSA) is 70.7 Å². The number of alkyl carbamates (subject to hydrolysis) is 1. The second-order valence-corrected chi connectivity index (χ2v) is 5.87. The Balaban J connectivity index is 1.61. The Kier molecular flexibility index (Phi) is 5.18. The molecule has 6 heteroatoms. The highest BCUT2D eigenvalue weighted by atomic mass is 16.6. The number of hydrogen-bond acceptors (Lipinski definition) is 3. The number of hydrogen-bond donors (Lipinski definition) is 2. The maximum atomic E-state index is 12.5. The van der Waals surface area contributed by atoms with Crippen LogP contribution in [0.25, 0.3) is 0 Å². The Bertz CT molecular complexity index is 724. The largest absolute Gasteiger partial charge is 0.439 e. The number of carbonyl (C=O) groups excluding carboxylic acids is 2. The first-order valence-electron chi connectivity index (χ1n) is 8.20. The Morgan fingerprint density at radius 2 is 1.64 bits per heavy atom. The molecule has 2 N–H and O–H groups in total. The van der Waals surface area contributed by atoms with Crippen molar-refractivity contribution in [3.05, 3.63) is 71.3 Å². The number of ether oxygens (including phenoxy) is 1. The van der Waals surface area contributed by atoms with Gasteiger partial charge in [-0.3, -0.25) is 0 Å². The highest BCUT2D eigenvalue weighted by Crippen LogP contribution is 2.22. The van der Waals surface area contributed by atoms with Crippen molar-refractivity contribution in [2.75, 3.05) is 13.6 Å². The van der Waals surface area contributed by atoms with Crippen LogP contribution >= 0.6 is 0 Å². The fourth-order valence-corrected chi connectivity index (χ4v) is 2.85. The molecule has 0 saturated heterocycles. The van der Waals surface area contributed by atoms with Crippen LogP contribution in [0.3, 0.4) is 0 Å². The molecule has 1 aliphatic rings. The molecule has 1 aliphatic heterocycles. The molecule has 3 rings (SSSR count). The summed E-state index contributed by atoms with van der Waals surface area (Å²) in [4.78, 5) is 25.8. The average molecular weight is 339 g/mol. The van der Waals surface area contributed by atoms with Gasteiger partial charge in [0.15, 0.2) is 0 Å². The van der Waals surface area contributed by atoms with Gasteiger partial charge in [0, 0.05) is 20.1 Å². The lowest BCUT2D eigenvalue weighted by atomic mass is 10.1. The molecule has 0 radical (unpaired) electrons. The maximum Gasteiger partial charge on any atom is 0.407 e. The van der Waals surface area contributed by atoms with Crippen LogP contribution < -0.4 is 10.6 Å². The van der Waals surface area contributed by atoms with Crippen molar-refractivity contribution in [1.29, 1.82) is 0 Å². The van der Waals surface area contributed by atoms with Crippen LogP contribution in [-0.4, -0.2) is 30.6 Å². The molecule has 0 saturated carbocycles. The van der Waals surface area contributed by atoms with E-state index in [0.29, 0.717) is 13.1 Å². The summed E-state index contributed by atoms with van der Waals surface area (Å²) in [6, 6.07) is 17.2. The maximum absolute atomic E-state index is 12.5. The van der Waals surface area contributed by atoms with Crippen LogP contribution in [0.15, 0.2) is 54.6 Å². The molecule has 2 aromatic rings. The molecule has 3 amide bonds. The van der Waals surface area contributed by atoms with E-state index in [2.05, 4.69) is 10.6 Å². The summed E-state index contributed by atoms with van der Waals surface area (Å²) in [5, 5.41) is 5.31. The Morgan fingerprint density at radius 3 is 2.24 bits per heavy atom. The third-order valence-corrected chi connectivity index (χ3v) is 4.19. The molecule has 2 aromatic carbocycles. The van der Waals surface area contributed by atoms with Crippen LogP contribution in [0.2, 0.25) is 0 Å². The number of carbonyl (C=O) groups is 2. The summed E-state index contributed by atoms with van der Waals surface area (Å²) >= 11 is 0. The van der Waals surface area contributed by atoms with E-state index in [4.69, 9.17) is 4.74 Å². The van der Waals surface area contributed by atoms with E-state index in [0.717, 1.165) is 5.56 Å². The summed E-state index contributed by atoms with van der Waals surface area (Å²) in [6.45, 7) is 1.39. The first kappa shape index (κ1) is 16.8. The van der Waals surface area contributed by atoms with Crippen molar-refractivity contribution in [2.24, 2.45) is 0 Å². The summed E-state index contributed by atoms with van der Waals surface area (Å²) in [5.41, 5.74) is 3.16. The number of nitrogens with one attached hydrogen (secondary N) is 2.